The molecule has 5 nitrogen and oxygen atoms in total. The highest BCUT2D eigenvalue weighted by Crippen LogP contribution is 2.27. The van der Waals surface area contributed by atoms with E-state index >= 15 is 0 Å². The fourth-order valence-electron chi connectivity index (χ4n) is 2.27. The average molecular weight is 393 g/mol. The Morgan fingerprint density at radius 2 is 1.83 bits per heavy atom. The van der Waals surface area contributed by atoms with Gasteiger partial charge in [-0.25, -0.2) is 0 Å². The number of fused-ring (bicyclic) bond motifs is 1. The quantitative estimate of drug-likeness (QED) is 0.648. The molecule has 23 heavy (non-hydrogen) atoms. The first-order chi connectivity index (χ1) is 11.0. The van der Waals surface area contributed by atoms with Crippen LogP contribution in [0.5, 0.6) is 0 Å². The van der Waals surface area contributed by atoms with Gasteiger partial charge >= 0.3 is 5.91 Å². The highest BCUT2D eigenvalue weighted by atomic mass is 79.9. The number of para-hydroxylation sites is 1. The summed E-state index contributed by atoms with van der Waals surface area (Å²) in [5, 5.41) is 0.892. The fourth-order valence-corrected chi connectivity index (χ4v) is 3.55. The molecule has 3 aromatic rings. The molecule has 0 saturated carbocycles. The summed E-state index contributed by atoms with van der Waals surface area (Å²) >= 11 is 4.57. The summed E-state index contributed by atoms with van der Waals surface area (Å²) in [5.41, 5.74) is 7.16. The summed E-state index contributed by atoms with van der Waals surface area (Å²) in [4.78, 5) is 24.7. The molecule has 7 heteroatoms. The lowest BCUT2D eigenvalue weighted by Gasteiger charge is -2.04. The van der Waals surface area contributed by atoms with Crippen LogP contribution in [0.15, 0.2) is 38.5 Å². The molecule has 2 amide bonds. The van der Waals surface area contributed by atoms with E-state index in [-0.39, 0.29) is 11.7 Å². The molecule has 3 rings (SSSR count). The van der Waals surface area contributed by atoms with Crippen LogP contribution < -0.4 is 10.9 Å². The molecule has 2 N–H and O–H groups in total. The van der Waals surface area contributed by atoms with E-state index in [1.54, 1.807) is 12.1 Å². The van der Waals surface area contributed by atoms with Crippen molar-refractivity contribution >= 4 is 50.1 Å². The summed E-state index contributed by atoms with van der Waals surface area (Å²) in [6, 6.07) is 9.18. The van der Waals surface area contributed by atoms with Crippen LogP contribution >= 0.6 is 27.3 Å². The number of nitrogens with one attached hydrogen (secondary N) is 2. The van der Waals surface area contributed by atoms with Crippen molar-refractivity contribution in [2.45, 2.75) is 13.8 Å². The summed E-state index contributed by atoms with van der Waals surface area (Å²) in [6.45, 7) is 3.74. The SMILES string of the molecule is Cc1c(C(=O)NNC(=O)c2ccc(Br)s2)oc2c(C)cccc12. The largest absolute Gasteiger partial charge is 0.450 e. The molecule has 2 heterocycles. The highest BCUT2D eigenvalue weighted by molar-refractivity contribution is 9.11. The van der Waals surface area contributed by atoms with Crippen LogP contribution in [-0.2, 0) is 0 Å². The smallest absolute Gasteiger partial charge is 0.305 e. The van der Waals surface area contributed by atoms with Crippen molar-refractivity contribution in [3.8, 4) is 0 Å². The lowest BCUT2D eigenvalue weighted by Crippen LogP contribution is -2.41. The zero-order valence-corrected chi connectivity index (χ0v) is 14.8. The standard InChI is InChI=1S/C16H13BrN2O3S/c1-8-4-3-5-10-9(2)14(22-13(8)10)16(21)19-18-15(20)11-6-7-12(17)23-11/h3-7H,1-2H3,(H,18,20)(H,19,21). The van der Waals surface area contributed by atoms with Gasteiger partial charge in [-0.1, -0.05) is 18.2 Å². The topological polar surface area (TPSA) is 71.3 Å². The molecule has 0 atom stereocenters. The van der Waals surface area contributed by atoms with E-state index in [4.69, 9.17) is 4.42 Å². The second-order valence-corrected chi connectivity index (χ2v) is 7.48. The maximum atomic E-state index is 12.3. The van der Waals surface area contributed by atoms with Crippen LogP contribution in [0.3, 0.4) is 0 Å². The number of hydrogen-bond donors (Lipinski definition) is 2. The third kappa shape index (κ3) is 3.02. The van der Waals surface area contributed by atoms with Crippen molar-refractivity contribution in [3.63, 3.8) is 0 Å². The third-order valence-electron chi connectivity index (χ3n) is 3.45. The van der Waals surface area contributed by atoms with Crippen molar-refractivity contribution < 1.29 is 14.0 Å². The van der Waals surface area contributed by atoms with Crippen LogP contribution in [-0.4, -0.2) is 11.8 Å². The van der Waals surface area contributed by atoms with E-state index in [0.29, 0.717) is 10.5 Å². The van der Waals surface area contributed by atoms with Gasteiger partial charge in [0.15, 0.2) is 5.76 Å². The zero-order valence-electron chi connectivity index (χ0n) is 12.4. The molecule has 0 aliphatic heterocycles. The van der Waals surface area contributed by atoms with Crippen LogP contribution in [0.4, 0.5) is 0 Å². The Morgan fingerprint density at radius 3 is 2.48 bits per heavy atom. The summed E-state index contributed by atoms with van der Waals surface area (Å²) in [7, 11) is 0. The zero-order chi connectivity index (χ0) is 16.6. The number of thiophene rings is 1. The molecule has 0 aliphatic rings. The molecule has 0 saturated heterocycles. The van der Waals surface area contributed by atoms with Crippen LogP contribution in [0.1, 0.15) is 31.4 Å². The number of carbonyl (C=O) groups is 2. The third-order valence-corrected chi connectivity index (χ3v) is 5.08. The molecule has 0 fully saturated rings. The van der Waals surface area contributed by atoms with Crippen molar-refractivity contribution in [2.75, 3.05) is 0 Å². The first kappa shape index (κ1) is 15.8. The lowest BCUT2D eigenvalue weighted by atomic mass is 10.1. The summed E-state index contributed by atoms with van der Waals surface area (Å²) in [6.07, 6.45) is 0. The lowest BCUT2D eigenvalue weighted by molar-refractivity contribution is 0.0833. The minimum absolute atomic E-state index is 0.196. The molecule has 0 unspecified atom stereocenters. The van der Waals surface area contributed by atoms with E-state index in [9.17, 15) is 9.59 Å². The van der Waals surface area contributed by atoms with Gasteiger partial charge < -0.3 is 4.42 Å². The number of hydrazine groups is 1. The minimum Gasteiger partial charge on any atom is -0.450 e. The van der Waals surface area contributed by atoms with Gasteiger partial charge in [0.25, 0.3) is 5.91 Å². The van der Waals surface area contributed by atoms with Crippen molar-refractivity contribution in [1.82, 2.24) is 10.9 Å². The number of aryl methyl sites for hydroxylation is 2. The Kier molecular flexibility index (Phi) is 4.23. The second kappa shape index (κ2) is 6.17. The predicted octanol–water partition coefficient (Wildman–Crippen LogP) is 3.95. The van der Waals surface area contributed by atoms with Gasteiger partial charge in [-0.15, -0.1) is 11.3 Å². The molecule has 0 radical (unpaired) electrons. The first-order valence-corrected chi connectivity index (χ1v) is 8.43. The van der Waals surface area contributed by atoms with Crippen LogP contribution in [0, 0.1) is 13.8 Å². The van der Waals surface area contributed by atoms with E-state index in [0.717, 1.165) is 20.3 Å². The maximum Gasteiger partial charge on any atom is 0.305 e. The number of furan rings is 1. The minimum atomic E-state index is -0.484. The molecule has 118 valence electrons. The van der Waals surface area contributed by atoms with Crippen LogP contribution in [0.25, 0.3) is 11.0 Å². The summed E-state index contributed by atoms with van der Waals surface area (Å²) < 4.78 is 6.51. The Labute approximate surface area is 144 Å². The molecular weight excluding hydrogens is 380 g/mol. The van der Waals surface area contributed by atoms with E-state index in [2.05, 4.69) is 26.8 Å². The van der Waals surface area contributed by atoms with Crippen LogP contribution in [0.2, 0.25) is 0 Å². The van der Waals surface area contributed by atoms with Gasteiger partial charge in [0.2, 0.25) is 0 Å². The van der Waals surface area contributed by atoms with E-state index < -0.39 is 5.91 Å². The van der Waals surface area contributed by atoms with E-state index in [1.807, 2.05) is 32.0 Å². The fraction of sp³-hybridized carbons (Fsp3) is 0.125. The Bertz CT molecular complexity index is 913. The number of rotatable bonds is 2. The molecule has 0 spiro atoms. The normalized spacial score (nSPS) is 10.7. The number of halogens is 1. The molecular formula is C16H13BrN2O3S. The molecule has 1 aromatic carbocycles. The summed E-state index contributed by atoms with van der Waals surface area (Å²) in [5.74, 6) is -0.664. The Balaban J connectivity index is 1.77. The van der Waals surface area contributed by atoms with Gasteiger partial charge in [-0.05, 0) is 47.5 Å². The second-order valence-electron chi connectivity index (χ2n) is 5.02. The number of amides is 2. The average Bonchev–Trinajstić information content (AvgIpc) is 3.10. The number of hydrogen-bond acceptors (Lipinski definition) is 4. The maximum absolute atomic E-state index is 12.3. The molecule has 0 bridgehead atoms. The Morgan fingerprint density at radius 1 is 1.09 bits per heavy atom. The van der Waals surface area contributed by atoms with E-state index in [1.165, 1.54) is 11.3 Å². The van der Waals surface area contributed by atoms with Crippen molar-refractivity contribution in [1.29, 1.82) is 0 Å². The Hall–Kier alpha value is -2.12. The monoisotopic (exact) mass is 392 g/mol. The molecule has 0 aliphatic carbocycles. The van der Waals surface area contributed by atoms with Gasteiger partial charge in [0.1, 0.15) is 5.58 Å². The van der Waals surface area contributed by atoms with Crippen molar-refractivity contribution in [3.05, 3.63) is 55.9 Å². The molecule has 2 aromatic heterocycles. The van der Waals surface area contributed by atoms with Gasteiger partial charge in [0.05, 0.1) is 8.66 Å². The van der Waals surface area contributed by atoms with Gasteiger partial charge in [-0.2, -0.15) is 0 Å². The van der Waals surface area contributed by atoms with Gasteiger partial charge in [-0.3, -0.25) is 20.4 Å². The van der Waals surface area contributed by atoms with Crippen molar-refractivity contribution in [2.24, 2.45) is 0 Å². The van der Waals surface area contributed by atoms with Gasteiger partial charge in [0, 0.05) is 10.9 Å². The first-order valence-electron chi connectivity index (χ1n) is 6.82. The highest BCUT2D eigenvalue weighted by Gasteiger charge is 2.19. The predicted molar refractivity (Wildman–Crippen MR) is 92.6 cm³/mol. The number of carbonyl (C=O) groups excluding carboxylic acids is 2. The number of benzene rings is 1.